The van der Waals surface area contributed by atoms with Crippen LogP contribution in [0.25, 0.3) is 0 Å². The highest BCUT2D eigenvalue weighted by molar-refractivity contribution is 8.00. The number of esters is 1. The lowest BCUT2D eigenvalue weighted by atomic mass is 9.98. The van der Waals surface area contributed by atoms with E-state index in [1.165, 1.54) is 5.56 Å². The van der Waals surface area contributed by atoms with Gasteiger partial charge in [-0.05, 0) is 51.0 Å². The number of aryl methyl sites for hydroxylation is 1. The predicted molar refractivity (Wildman–Crippen MR) is 124 cm³/mol. The van der Waals surface area contributed by atoms with Crippen LogP contribution in [0, 0.1) is 5.92 Å². The first-order valence-corrected chi connectivity index (χ1v) is 12.7. The summed E-state index contributed by atoms with van der Waals surface area (Å²) in [6, 6.07) is 10.4. The molecule has 0 bridgehead atoms. The number of aliphatic hydroxyl groups is 1. The molecule has 0 aliphatic heterocycles. The molecule has 5 heteroatoms. The fourth-order valence-corrected chi connectivity index (χ4v) is 5.59. The molecule has 0 heterocycles. The summed E-state index contributed by atoms with van der Waals surface area (Å²) in [6.07, 6.45) is 9.57. The van der Waals surface area contributed by atoms with Gasteiger partial charge in [0.15, 0.2) is 0 Å². The van der Waals surface area contributed by atoms with E-state index in [0.717, 1.165) is 63.5 Å². The molecule has 1 aliphatic carbocycles. The van der Waals surface area contributed by atoms with E-state index in [0.29, 0.717) is 30.5 Å². The maximum absolute atomic E-state index is 12.3. The van der Waals surface area contributed by atoms with Gasteiger partial charge in [-0.25, -0.2) is 0 Å². The van der Waals surface area contributed by atoms with Crippen molar-refractivity contribution in [3.05, 3.63) is 35.9 Å². The molecule has 0 amide bonds. The van der Waals surface area contributed by atoms with Crippen molar-refractivity contribution in [1.29, 1.82) is 0 Å². The normalized spacial score (nSPS) is 19.7. The van der Waals surface area contributed by atoms with Crippen molar-refractivity contribution < 1.29 is 19.4 Å². The van der Waals surface area contributed by atoms with E-state index < -0.39 is 0 Å². The van der Waals surface area contributed by atoms with Crippen LogP contribution in [0.3, 0.4) is 0 Å². The number of ether oxygens (including phenoxy) is 1. The van der Waals surface area contributed by atoms with Gasteiger partial charge in [-0.3, -0.25) is 9.59 Å². The van der Waals surface area contributed by atoms with Crippen LogP contribution in [0.1, 0.15) is 76.7 Å². The summed E-state index contributed by atoms with van der Waals surface area (Å²) in [7, 11) is 0. The number of hydrogen-bond acceptors (Lipinski definition) is 5. The largest absolute Gasteiger partial charge is 0.466 e. The zero-order valence-electron chi connectivity index (χ0n) is 18.4. The minimum absolute atomic E-state index is 0.109. The maximum Gasteiger partial charge on any atom is 0.305 e. The molecule has 0 saturated heterocycles. The average Bonchev–Trinajstić information content (AvgIpc) is 3.09. The molecule has 0 radical (unpaired) electrons. The van der Waals surface area contributed by atoms with Crippen molar-refractivity contribution in [2.75, 3.05) is 12.4 Å². The summed E-state index contributed by atoms with van der Waals surface area (Å²) < 4.78 is 4.94. The molecule has 4 nitrogen and oxygen atoms in total. The number of Topliss-reactive ketones (excluding diaryl/α,β-unsaturated/α-hetero) is 1. The van der Waals surface area contributed by atoms with Gasteiger partial charge in [0, 0.05) is 29.8 Å². The van der Waals surface area contributed by atoms with Crippen LogP contribution in [0.15, 0.2) is 30.3 Å². The number of carbonyl (C=O) groups excluding carboxylic acids is 2. The van der Waals surface area contributed by atoms with E-state index in [9.17, 15) is 14.7 Å². The monoisotopic (exact) mass is 434 g/mol. The van der Waals surface area contributed by atoms with E-state index in [-0.39, 0.29) is 18.0 Å². The minimum Gasteiger partial charge on any atom is -0.466 e. The highest BCUT2D eigenvalue weighted by Gasteiger charge is 2.34. The van der Waals surface area contributed by atoms with Gasteiger partial charge in [0.1, 0.15) is 5.78 Å². The Labute approximate surface area is 186 Å². The second-order valence-electron chi connectivity index (χ2n) is 8.27. The molecular weight excluding hydrogens is 396 g/mol. The number of unbranched alkanes of at least 4 members (excludes halogenated alkanes) is 3. The Balaban J connectivity index is 1.58. The van der Waals surface area contributed by atoms with E-state index in [2.05, 4.69) is 24.3 Å². The van der Waals surface area contributed by atoms with Crippen LogP contribution < -0.4 is 0 Å². The van der Waals surface area contributed by atoms with Gasteiger partial charge in [0.25, 0.3) is 0 Å². The highest BCUT2D eigenvalue weighted by atomic mass is 32.2. The van der Waals surface area contributed by atoms with Gasteiger partial charge in [-0.2, -0.15) is 11.8 Å². The van der Waals surface area contributed by atoms with Crippen molar-refractivity contribution in [1.82, 2.24) is 0 Å². The third kappa shape index (κ3) is 9.65. The summed E-state index contributed by atoms with van der Waals surface area (Å²) in [5, 5.41) is 10.7. The summed E-state index contributed by atoms with van der Waals surface area (Å²) >= 11 is 1.80. The molecule has 1 aromatic carbocycles. The van der Waals surface area contributed by atoms with E-state index in [1.807, 2.05) is 13.0 Å². The first-order chi connectivity index (χ1) is 14.6. The Hall–Kier alpha value is -1.33. The molecule has 1 fully saturated rings. The zero-order valence-corrected chi connectivity index (χ0v) is 19.2. The van der Waals surface area contributed by atoms with Crippen LogP contribution in [0.4, 0.5) is 0 Å². The number of aliphatic hydroxyl groups excluding tert-OH is 1. The molecular formula is C25H38O4S. The summed E-state index contributed by atoms with van der Waals surface area (Å²) in [5.74, 6) is 1.17. The number of carbonyl (C=O) groups is 2. The van der Waals surface area contributed by atoms with Crippen molar-refractivity contribution in [2.24, 2.45) is 5.92 Å². The van der Waals surface area contributed by atoms with Crippen LogP contribution in [0.2, 0.25) is 0 Å². The van der Waals surface area contributed by atoms with Gasteiger partial charge >= 0.3 is 5.97 Å². The van der Waals surface area contributed by atoms with Gasteiger partial charge in [0.2, 0.25) is 0 Å². The zero-order chi connectivity index (χ0) is 21.6. The number of thioether (sulfide) groups is 1. The molecule has 1 aliphatic rings. The third-order valence-electron chi connectivity index (χ3n) is 5.84. The average molecular weight is 435 g/mol. The molecule has 1 saturated carbocycles. The van der Waals surface area contributed by atoms with Crippen LogP contribution in [-0.2, 0) is 20.7 Å². The van der Waals surface area contributed by atoms with E-state index in [1.54, 1.807) is 11.8 Å². The molecule has 168 valence electrons. The SMILES string of the molecule is CCOC(=O)CCCCCCC1C(=O)CCC1SCC(O)CCCc1ccccc1. The predicted octanol–water partition coefficient (Wildman–Crippen LogP) is 5.35. The summed E-state index contributed by atoms with van der Waals surface area (Å²) in [5.41, 5.74) is 1.32. The third-order valence-corrected chi connectivity index (χ3v) is 7.41. The van der Waals surface area contributed by atoms with Crippen molar-refractivity contribution in [3.63, 3.8) is 0 Å². The quantitative estimate of drug-likeness (QED) is 0.298. The Kier molecular flexibility index (Phi) is 12.2. The van der Waals surface area contributed by atoms with E-state index >= 15 is 0 Å². The molecule has 1 aromatic rings. The molecule has 3 unspecified atom stereocenters. The Morgan fingerprint density at radius 2 is 1.93 bits per heavy atom. The fourth-order valence-electron chi connectivity index (χ4n) is 4.15. The molecule has 30 heavy (non-hydrogen) atoms. The second-order valence-corrected chi connectivity index (χ2v) is 9.54. The van der Waals surface area contributed by atoms with Gasteiger partial charge in [0.05, 0.1) is 12.7 Å². The minimum atomic E-state index is -0.294. The number of benzene rings is 1. The van der Waals surface area contributed by atoms with Crippen LogP contribution in [0.5, 0.6) is 0 Å². The highest BCUT2D eigenvalue weighted by Crippen LogP contribution is 2.36. The van der Waals surface area contributed by atoms with Gasteiger partial charge in [-0.15, -0.1) is 0 Å². The lowest BCUT2D eigenvalue weighted by molar-refractivity contribution is -0.143. The first kappa shape index (κ1) is 24.9. The van der Waals surface area contributed by atoms with Crippen molar-refractivity contribution >= 4 is 23.5 Å². The van der Waals surface area contributed by atoms with Crippen LogP contribution in [-0.4, -0.2) is 40.6 Å². The summed E-state index contributed by atoms with van der Waals surface area (Å²) in [4.78, 5) is 23.6. The van der Waals surface area contributed by atoms with E-state index in [4.69, 9.17) is 4.74 Å². The Morgan fingerprint density at radius 3 is 2.70 bits per heavy atom. The van der Waals surface area contributed by atoms with Crippen molar-refractivity contribution in [2.45, 2.75) is 88.9 Å². The maximum atomic E-state index is 12.3. The lowest BCUT2D eigenvalue weighted by Crippen LogP contribution is -2.20. The lowest BCUT2D eigenvalue weighted by Gasteiger charge is -2.20. The molecule has 1 N–H and O–H groups in total. The van der Waals surface area contributed by atoms with Gasteiger partial charge < -0.3 is 9.84 Å². The molecule has 3 atom stereocenters. The topological polar surface area (TPSA) is 63.6 Å². The number of ketones is 1. The molecule has 2 rings (SSSR count). The standard InChI is InChI=1S/C25H38O4S/c1-2-29-25(28)16-9-4-3-8-15-22-23(27)17-18-24(22)30-19-21(26)14-10-13-20-11-6-5-7-12-20/h5-7,11-12,21-22,24,26H,2-4,8-10,13-19H2,1H3. The molecule has 0 aromatic heterocycles. The van der Waals surface area contributed by atoms with Gasteiger partial charge in [-0.1, -0.05) is 49.6 Å². The first-order valence-electron chi connectivity index (χ1n) is 11.6. The Bertz CT molecular complexity index is 619. The Morgan fingerprint density at radius 1 is 1.17 bits per heavy atom. The van der Waals surface area contributed by atoms with Crippen molar-refractivity contribution in [3.8, 4) is 0 Å². The fraction of sp³-hybridized carbons (Fsp3) is 0.680. The second kappa shape index (κ2) is 14.6. The number of hydrogen-bond donors (Lipinski definition) is 1. The smallest absolute Gasteiger partial charge is 0.305 e. The van der Waals surface area contributed by atoms with Crippen LogP contribution >= 0.6 is 11.8 Å². The molecule has 0 spiro atoms. The number of rotatable bonds is 15. The summed E-state index contributed by atoms with van der Waals surface area (Å²) in [6.45, 7) is 2.28.